The van der Waals surface area contributed by atoms with Crippen molar-refractivity contribution in [3.05, 3.63) is 0 Å². The molecule has 1 aliphatic heterocycles. The van der Waals surface area contributed by atoms with Crippen LogP contribution >= 0.6 is 0 Å². The van der Waals surface area contributed by atoms with E-state index in [1.165, 1.54) is 32.1 Å². The summed E-state index contributed by atoms with van der Waals surface area (Å²) >= 11 is 0. The quantitative estimate of drug-likeness (QED) is 0.861. The summed E-state index contributed by atoms with van der Waals surface area (Å²) in [5, 5.41) is 3.57. The van der Waals surface area contributed by atoms with E-state index in [9.17, 15) is 0 Å². The minimum atomic E-state index is 0.438. The fourth-order valence-corrected chi connectivity index (χ4v) is 4.08. The maximum Gasteiger partial charge on any atom is 0.0480 e. The normalized spacial score (nSPS) is 33.6. The molecule has 3 nitrogen and oxygen atoms in total. The van der Waals surface area contributed by atoms with Crippen LogP contribution in [0.25, 0.3) is 0 Å². The van der Waals surface area contributed by atoms with Crippen LogP contribution in [0.4, 0.5) is 0 Å². The van der Waals surface area contributed by atoms with Crippen LogP contribution in [0.1, 0.15) is 52.9 Å². The molecule has 20 heavy (non-hydrogen) atoms. The van der Waals surface area contributed by atoms with Crippen molar-refractivity contribution in [3.63, 3.8) is 0 Å². The highest BCUT2D eigenvalue weighted by molar-refractivity contribution is 4.94. The molecule has 3 atom stereocenters. The van der Waals surface area contributed by atoms with E-state index in [2.05, 4.69) is 45.1 Å². The van der Waals surface area contributed by atoms with E-state index in [1.54, 1.807) is 0 Å². The monoisotopic (exact) mass is 282 g/mol. The fraction of sp³-hybridized carbons (Fsp3) is 1.00. The van der Waals surface area contributed by atoms with Crippen molar-refractivity contribution in [2.45, 2.75) is 71.0 Å². The van der Waals surface area contributed by atoms with Crippen molar-refractivity contribution in [2.24, 2.45) is 11.3 Å². The molecule has 0 amide bonds. The predicted octanol–water partition coefficient (Wildman–Crippen LogP) is 2.90. The third kappa shape index (κ3) is 3.75. The predicted molar refractivity (Wildman–Crippen MR) is 85.0 cm³/mol. The van der Waals surface area contributed by atoms with Gasteiger partial charge < -0.3 is 10.1 Å². The molecule has 3 unspecified atom stereocenters. The summed E-state index contributed by atoms with van der Waals surface area (Å²) in [5.74, 6) is 0.847. The first-order valence-corrected chi connectivity index (χ1v) is 8.40. The Morgan fingerprint density at radius 1 is 1.05 bits per heavy atom. The number of ether oxygens (including phenoxy) is 1. The zero-order chi connectivity index (χ0) is 14.8. The van der Waals surface area contributed by atoms with Gasteiger partial charge in [0.2, 0.25) is 0 Å². The molecule has 3 heteroatoms. The van der Waals surface area contributed by atoms with Gasteiger partial charge in [-0.1, -0.05) is 20.8 Å². The average Bonchev–Trinajstić information content (AvgIpc) is 2.45. The lowest BCUT2D eigenvalue weighted by molar-refractivity contribution is -0.000772. The molecule has 0 aromatic rings. The minimum absolute atomic E-state index is 0.438. The van der Waals surface area contributed by atoms with E-state index in [0.29, 0.717) is 23.5 Å². The van der Waals surface area contributed by atoms with E-state index in [1.807, 2.05) is 0 Å². The first kappa shape index (κ1) is 16.3. The molecule has 1 heterocycles. The number of hydrogen-bond acceptors (Lipinski definition) is 3. The van der Waals surface area contributed by atoms with Crippen LogP contribution < -0.4 is 5.32 Å². The largest absolute Gasteiger partial charge is 0.381 e. The molecule has 2 fully saturated rings. The summed E-state index contributed by atoms with van der Waals surface area (Å²) in [4.78, 5) is 2.67. The average molecular weight is 282 g/mol. The molecular weight excluding hydrogens is 248 g/mol. The van der Waals surface area contributed by atoms with Gasteiger partial charge in [0.15, 0.2) is 0 Å². The molecule has 1 saturated heterocycles. The Balaban J connectivity index is 2.04. The maximum absolute atomic E-state index is 5.52. The summed E-state index contributed by atoms with van der Waals surface area (Å²) in [6.07, 6.45) is 6.42. The fourth-order valence-electron chi connectivity index (χ4n) is 4.08. The van der Waals surface area contributed by atoms with Crippen molar-refractivity contribution >= 4 is 0 Å². The topological polar surface area (TPSA) is 24.5 Å². The minimum Gasteiger partial charge on any atom is -0.381 e. The van der Waals surface area contributed by atoms with E-state index >= 15 is 0 Å². The SMILES string of the molecule is CNC1CCC(C(C)(C)C)CC1N(C)C1CCOCC1. The molecule has 0 aromatic carbocycles. The Morgan fingerprint density at radius 2 is 1.70 bits per heavy atom. The van der Waals surface area contributed by atoms with Gasteiger partial charge in [0, 0.05) is 31.3 Å². The smallest absolute Gasteiger partial charge is 0.0480 e. The maximum atomic E-state index is 5.52. The molecule has 2 rings (SSSR count). The van der Waals surface area contributed by atoms with Crippen LogP contribution in [0.5, 0.6) is 0 Å². The second kappa shape index (κ2) is 6.76. The van der Waals surface area contributed by atoms with Crippen LogP contribution in [0, 0.1) is 11.3 Å². The van der Waals surface area contributed by atoms with Crippen molar-refractivity contribution < 1.29 is 4.74 Å². The van der Waals surface area contributed by atoms with Crippen molar-refractivity contribution in [2.75, 3.05) is 27.3 Å². The molecule has 118 valence electrons. The summed E-state index contributed by atoms with van der Waals surface area (Å²) in [6, 6.07) is 2.05. The van der Waals surface area contributed by atoms with Crippen LogP contribution in [-0.2, 0) is 4.74 Å². The lowest BCUT2D eigenvalue weighted by Crippen LogP contribution is -2.55. The Labute approximate surface area is 125 Å². The van der Waals surface area contributed by atoms with Gasteiger partial charge in [-0.2, -0.15) is 0 Å². The molecule has 2 aliphatic rings. The van der Waals surface area contributed by atoms with Crippen LogP contribution in [0.2, 0.25) is 0 Å². The van der Waals surface area contributed by atoms with Gasteiger partial charge in [0.25, 0.3) is 0 Å². The van der Waals surface area contributed by atoms with Crippen molar-refractivity contribution in [3.8, 4) is 0 Å². The molecule has 0 aromatic heterocycles. The molecule has 0 bridgehead atoms. The van der Waals surface area contributed by atoms with Gasteiger partial charge in [-0.3, -0.25) is 4.90 Å². The molecule has 0 radical (unpaired) electrons. The van der Waals surface area contributed by atoms with Gasteiger partial charge >= 0.3 is 0 Å². The Bertz CT molecular complexity index is 294. The lowest BCUT2D eigenvalue weighted by Gasteiger charge is -2.48. The molecular formula is C17H34N2O. The van der Waals surface area contributed by atoms with Gasteiger partial charge in [-0.25, -0.2) is 0 Å². The number of nitrogens with one attached hydrogen (secondary N) is 1. The third-order valence-corrected chi connectivity index (χ3v) is 5.70. The van der Waals surface area contributed by atoms with Gasteiger partial charge in [0.1, 0.15) is 0 Å². The standard InChI is InChI=1S/C17H34N2O/c1-17(2,3)13-6-7-15(18-4)16(12-13)19(5)14-8-10-20-11-9-14/h13-16,18H,6-12H2,1-5H3. The Morgan fingerprint density at radius 3 is 2.25 bits per heavy atom. The number of likely N-dealkylation sites (N-methyl/N-ethyl adjacent to an activating group) is 2. The summed E-state index contributed by atoms with van der Waals surface area (Å²) in [5.41, 5.74) is 0.438. The molecule has 1 N–H and O–H groups in total. The number of hydrogen-bond donors (Lipinski definition) is 1. The second-order valence-corrected chi connectivity index (χ2v) is 7.85. The van der Waals surface area contributed by atoms with Gasteiger partial charge in [0.05, 0.1) is 0 Å². The van der Waals surface area contributed by atoms with E-state index in [-0.39, 0.29) is 0 Å². The summed E-state index contributed by atoms with van der Waals surface area (Å²) in [6.45, 7) is 9.10. The van der Waals surface area contributed by atoms with Crippen LogP contribution in [0.3, 0.4) is 0 Å². The summed E-state index contributed by atoms with van der Waals surface area (Å²) < 4.78 is 5.52. The molecule has 0 spiro atoms. The van der Waals surface area contributed by atoms with E-state index < -0.39 is 0 Å². The zero-order valence-electron chi connectivity index (χ0n) is 14.1. The first-order chi connectivity index (χ1) is 9.43. The molecule has 1 aliphatic carbocycles. The molecule has 1 saturated carbocycles. The zero-order valence-corrected chi connectivity index (χ0v) is 14.1. The lowest BCUT2D eigenvalue weighted by atomic mass is 9.69. The Hall–Kier alpha value is -0.120. The third-order valence-electron chi connectivity index (χ3n) is 5.70. The highest BCUT2D eigenvalue weighted by atomic mass is 16.5. The number of rotatable bonds is 3. The highest BCUT2D eigenvalue weighted by Gasteiger charge is 2.38. The van der Waals surface area contributed by atoms with E-state index in [0.717, 1.165) is 19.1 Å². The highest BCUT2D eigenvalue weighted by Crippen LogP contribution is 2.39. The number of nitrogens with zero attached hydrogens (tertiary/aromatic N) is 1. The summed E-state index contributed by atoms with van der Waals surface area (Å²) in [7, 11) is 4.48. The van der Waals surface area contributed by atoms with Crippen molar-refractivity contribution in [1.82, 2.24) is 10.2 Å². The van der Waals surface area contributed by atoms with Crippen LogP contribution in [-0.4, -0.2) is 50.3 Å². The Kier molecular flexibility index (Phi) is 5.49. The second-order valence-electron chi connectivity index (χ2n) is 7.85. The first-order valence-electron chi connectivity index (χ1n) is 8.40. The van der Waals surface area contributed by atoms with Crippen molar-refractivity contribution in [1.29, 1.82) is 0 Å². The van der Waals surface area contributed by atoms with E-state index in [4.69, 9.17) is 4.74 Å². The van der Waals surface area contributed by atoms with Gasteiger partial charge in [-0.05, 0) is 57.5 Å². The van der Waals surface area contributed by atoms with Gasteiger partial charge in [-0.15, -0.1) is 0 Å². The van der Waals surface area contributed by atoms with Crippen LogP contribution in [0.15, 0.2) is 0 Å².